The zero-order valence-electron chi connectivity index (χ0n) is 21.6. The molecule has 0 saturated carbocycles. The highest BCUT2D eigenvalue weighted by atomic mass is 19.4. The molecule has 5 rings (SSSR count). The second-order valence-electron chi connectivity index (χ2n) is 10.1. The normalized spacial score (nSPS) is 17.1. The van der Waals surface area contributed by atoms with E-state index in [0.717, 1.165) is 34.9 Å². The minimum atomic E-state index is -4.85. The van der Waals surface area contributed by atoms with Crippen LogP contribution in [0.2, 0.25) is 0 Å². The van der Waals surface area contributed by atoms with Crippen LogP contribution >= 0.6 is 0 Å². The van der Waals surface area contributed by atoms with Crippen molar-refractivity contribution in [2.24, 2.45) is 0 Å². The summed E-state index contributed by atoms with van der Waals surface area (Å²) in [5, 5.41) is 14.8. The van der Waals surface area contributed by atoms with Gasteiger partial charge in [0.2, 0.25) is 5.91 Å². The first-order valence-electron chi connectivity index (χ1n) is 12.7. The highest BCUT2D eigenvalue weighted by molar-refractivity contribution is 5.95. The maximum atomic E-state index is 13.6. The van der Waals surface area contributed by atoms with Gasteiger partial charge in [-0.1, -0.05) is 32.6 Å². The van der Waals surface area contributed by atoms with Crippen LogP contribution in [-0.2, 0) is 23.8 Å². The first-order valence-corrected chi connectivity index (χ1v) is 12.7. The van der Waals surface area contributed by atoms with Crippen LogP contribution < -0.4 is 0 Å². The van der Waals surface area contributed by atoms with Gasteiger partial charge in [-0.15, -0.1) is 0 Å². The molecule has 0 spiro atoms. The Balaban J connectivity index is 1.55. The van der Waals surface area contributed by atoms with E-state index in [1.807, 2.05) is 16.8 Å². The van der Waals surface area contributed by atoms with Crippen LogP contribution in [0, 0.1) is 0 Å². The molecule has 0 radical (unpaired) electrons. The second-order valence-corrected chi connectivity index (χ2v) is 10.1. The largest absolute Gasteiger partial charge is 0.506 e. The lowest BCUT2D eigenvalue weighted by atomic mass is 9.94. The SMILES string of the molecule is C=CC(=O)N1CCc2nn(-c3ccc(C(C)C)cc3)c3c2[C@@H](C1)N(C(=O)c1cnc(C(F)(F)F)c(O)c1)CC3. The van der Waals surface area contributed by atoms with Gasteiger partial charge in [0.05, 0.1) is 28.7 Å². The Morgan fingerprint density at radius 3 is 2.49 bits per heavy atom. The summed E-state index contributed by atoms with van der Waals surface area (Å²) in [6.07, 6.45) is -1.89. The molecule has 11 heteroatoms. The van der Waals surface area contributed by atoms with Crippen molar-refractivity contribution in [1.82, 2.24) is 24.6 Å². The molecule has 0 fully saturated rings. The number of alkyl halides is 3. The molecule has 1 N–H and O–H groups in total. The van der Waals surface area contributed by atoms with Crippen LogP contribution in [0.15, 0.2) is 49.2 Å². The first-order chi connectivity index (χ1) is 18.5. The van der Waals surface area contributed by atoms with Crippen LogP contribution in [0.3, 0.4) is 0 Å². The lowest BCUT2D eigenvalue weighted by molar-refractivity contribution is -0.142. The summed E-state index contributed by atoms with van der Waals surface area (Å²) >= 11 is 0. The van der Waals surface area contributed by atoms with Crippen molar-refractivity contribution < 1.29 is 27.9 Å². The van der Waals surface area contributed by atoms with E-state index in [-0.39, 0.29) is 24.6 Å². The molecule has 1 atom stereocenters. The Morgan fingerprint density at radius 2 is 1.87 bits per heavy atom. The maximum Gasteiger partial charge on any atom is 0.437 e. The minimum Gasteiger partial charge on any atom is -0.506 e. The number of rotatable bonds is 4. The number of aromatic nitrogens is 3. The average molecular weight is 540 g/mol. The number of nitrogens with zero attached hydrogens (tertiary/aromatic N) is 5. The van der Waals surface area contributed by atoms with Crippen LogP contribution in [-0.4, -0.2) is 61.1 Å². The molecule has 2 aliphatic heterocycles. The minimum absolute atomic E-state index is 0.173. The molecule has 0 aliphatic carbocycles. The zero-order valence-corrected chi connectivity index (χ0v) is 21.6. The molecular formula is C28H28F3N5O3. The smallest absolute Gasteiger partial charge is 0.437 e. The van der Waals surface area contributed by atoms with Crippen molar-refractivity contribution in [2.45, 2.75) is 44.8 Å². The predicted molar refractivity (Wildman–Crippen MR) is 137 cm³/mol. The Kier molecular flexibility index (Phi) is 6.69. The molecule has 0 bridgehead atoms. The molecule has 3 aromatic rings. The van der Waals surface area contributed by atoms with Gasteiger partial charge in [-0.3, -0.25) is 9.59 Å². The number of carbonyl (C=O) groups excluding carboxylic acids is 2. The molecule has 204 valence electrons. The predicted octanol–water partition coefficient (Wildman–Crippen LogP) is 4.43. The van der Waals surface area contributed by atoms with Gasteiger partial charge in [0.15, 0.2) is 5.69 Å². The fourth-order valence-electron chi connectivity index (χ4n) is 5.33. The molecule has 1 aromatic carbocycles. The van der Waals surface area contributed by atoms with Crippen LogP contribution in [0.1, 0.15) is 64.4 Å². The Bertz CT molecular complexity index is 1450. The van der Waals surface area contributed by atoms with E-state index in [0.29, 0.717) is 25.3 Å². The number of hydrogen-bond donors (Lipinski definition) is 1. The highest BCUT2D eigenvalue weighted by Gasteiger charge is 2.41. The molecule has 0 unspecified atom stereocenters. The monoisotopic (exact) mass is 539 g/mol. The van der Waals surface area contributed by atoms with Gasteiger partial charge in [-0.25, -0.2) is 9.67 Å². The third-order valence-corrected chi connectivity index (χ3v) is 7.34. The zero-order chi connectivity index (χ0) is 28.1. The van der Waals surface area contributed by atoms with Crippen molar-refractivity contribution in [3.63, 3.8) is 0 Å². The first kappa shape index (κ1) is 26.5. The van der Waals surface area contributed by atoms with Gasteiger partial charge >= 0.3 is 6.18 Å². The lowest BCUT2D eigenvalue weighted by Crippen LogP contribution is -2.45. The van der Waals surface area contributed by atoms with Crippen molar-refractivity contribution in [2.75, 3.05) is 19.6 Å². The van der Waals surface area contributed by atoms with Crippen molar-refractivity contribution in [3.05, 3.63) is 83.0 Å². The summed E-state index contributed by atoms with van der Waals surface area (Å²) < 4.78 is 41.2. The fourth-order valence-corrected chi connectivity index (χ4v) is 5.33. The summed E-state index contributed by atoms with van der Waals surface area (Å²) in [4.78, 5) is 32.6. The maximum absolute atomic E-state index is 13.6. The number of pyridine rings is 1. The highest BCUT2D eigenvalue weighted by Crippen LogP contribution is 2.39. The number of benzene rings is 1. The van der Waals surface area contributed by atoms with Crippen molar-refractivity contribution in [1.29, 1.82) is 0 Å². The Labute approximate surface area is 223 Å². The molecule has 0 saturated heterocycles. The lowest BCUT2D eigenvalue weighted by Gasteiger charge is -2.37. The van der Waals surface area contributed by atoms with Gasteiger partial charge in [0.1, 0.15) is 5.75 Å². The summed E-state index contributed by atoms with van der Waals surface area (Å²) in [5.74, 6) is -1.61. The molecule has 4 heterocycles. The van der Waals surface area contributed by atoms with Gasteiger partial charge in [0.25, 0.3) is 5.91 Å². The van der Waals surface area contributed by atoms with E-state index in [1.54, 1.807) is 4.90 Å². The Morgan fingerprint density at radius 1 is 1.15 bits per heavy atom. The number of amides is 2. The molecular weight excluding hydrogens is 511 g/mol. The third kappa shape index (κ3) is 4.77. The van der Waals surface area contributed by atoms with Crippen molar-refractivity contribution >= 4 is 11.8 Å². The third-order valence-electron chi connectivity index (χ3n) is 7.34. The fraction of sp³-hybridized carbons (Fsp3) is 0.357. The average Bonchev–Trinajstić information content (AvgIpc) is 3.17. The summed E-state index contributed by atoms with van der Waals surface area (Å²) in [6, 6.07) is 8.34. The van der Waals surface area contributed by atoms with Crippen LogP contribution in [0.5, 0.6) is 5.75 Å². The quantitative estimate of drug-likeness (QED) is 0.496. The molecule has 39 heavy (non-hydrogen) atoms. The van der Waals surface area contributed by atoms with Crippen LogP contribution in [0.4, 0.5) is 13.2 Å². The van der Waals surface area contributed by atoms with E-state index in [4.69, 9.17) is 5.10 Å². The molecule has 2 aliphatic rings. The number of hydrogen-bond acceptors (Lipinski definition) is 5. The Hall–Kier alpha value is -4.15. The van der Waals surface area contributed by atoms with Gasteiger partial charge in [0, 0.05) is 44.2 Å². The van der Waals surface area contributed by atoms with Crippen LogP contribution in [0.25, 0.3) is 5.69 Å². The summed E-state index contributed by atoms with van der Waals surface area (Å²) in [5.41, 5.74) is 2.98. The summed E-state index contributed by atoms with van der Waals surface area (Å²) in [6.45, 7) is 8.61. The van der Waals surface area contributed by atoms with E-state index < -0.39 is 29.6 Å². The number of halogens is 3. The van der Waals surface area contributed by atoms with E-state index in [2.05, 4.69) is 37.5 Å². The van der Waals surface area contributed by atoms with Gasteiger partial charge in [-0.2, -0.15) is 18.3 Å². The molecule has 8 nitrogen and oxygen atoms in total. The number of aromatic hydroxyl groups is 1. The van der Waals surface area contributed by atoms with Gasteiger partial charge < -0.3 is 14.9 Å². The summed E-state index contributed by atoms with van der Waals surface area (Å²) in [7, 11) is 0. The molecule has 2 aromatic heterocycles. The van der Waals surface area contributed by atoms with Gasteiger partial charge in [-0.05, 0) is 35.8 Å². The standard InChI is InChI=1S/C28H28F3N5O3/c1-4-24(38)34-11-9-20-25-21(36(33-20)19-7-5-17(6-8-19)16(2)3)10-12-35(22(25)15-34)27(39)18-13-23(37)26(32-14-18)28(29,30)31/h4-8,13-14,16,22,37H,1,9-12,15H2,2-3H3/t22-/m1/s1. The number of carbonyl (C=O) groups is 2. The topological polar surface area (TPSA) is 91.6 Å². The van der Waals surface area contributed by atoms with E-state index in [1.165, 1.54) is 16.5 Å². The van der Waals surface area contributed by atoms with E-state index >= 15 is 0 Å². The van der Waals surface area contributed by atoms with E-state index in [9.17, 15) is 27.9 Å². The second kappa shape index (κ2) is 9.87. The molecule has 2 amide bonds. The van der Waals surface area contributed by atoms with Crippen molar-refractivity contribution in [3.8, 4) is 11.4 Å².